The Bertz CT molecular complexity index is 1110. The lowest BCUT2D eigenvalue weighted by atomic mass is 9.91. The Hall–Kier alpha value is -3.80. The smallest absolute Gasteiger partial charge is 0.290 e. The molecule has 2 aromatic carbocycles. The molecule has 4 rings (SSSR count). The van der Waals surface area contributed by atoms with E-state index in [4.69, 9.17) is 9.15 Å². The van der Waals surface area contributed by atoms with Crippen LogP contribution in [0.4, 0.5) is 0 Å². The number of furan rings is 1. The van der Waals surface area contributed by atoms with Crippen molar-refractivity contribution in [3.05, 3.63) is 101 Å². The van der Waals surface area contributed by atoms with Gasteiger partial charge in [0.1, 0.15) is 18.1 Å². The molecule has 1 unspecified atom stereocenters. The van der Waals surface area contributed by atoms with Crippen LogP contribution in [0.25, 0.3) is 0 Å². The number of carbonyl (C=O) groups excluding carboxylic acids is 2. The van der Waals surface area contributed by atoms with Gasteiger partial charge in [0.05, 0.1) is 24.4 Å². The number of amides is 1. The van der Waals surface area contributed by atoms with Gasteiger partial charge in [0.25, 0.3) is 5.91 Å². The molecule has 2 heterocycles. The summed E-state index contributed by atoms with van der Waals surface area (Å²) in [5, 5.41) is 10.6. The minimum Gasteiger partial charge on any atom is -0.503 e. The fourth-order valence-electron chi connectivity index (χ4n) is 3.78. The summed E-state index contributed by atoms with van der Waals surface area (Å²) in [5.74, 6) is -0.460. The first-order chi connectivity index (χ1) is 15.5. The van der Waals surface area contributed by atoms with Crippen molar-refractivity contribution in [2.24, 2.45) is 5.92 Å². The zero-order valence-corrected chi connectivity index (χ0v) is 18.0. The summed E-state index contributed by atoms with van der Waals surface area (Å²) in [7, 11) is 0. The molecular weight excluding hydrogens is 406 g/mol. The van der Waals surface area contributed by atoms with Crippen LogP contribution in [-0.4, -0.2) is 21.7 Å². The zero-order chi connectivity index (χ0) is 22.7. The van der Waals surface area contributed by atoms with Gasteiger partial charge in [0.2, 0.25) is 0 Å². The molecule has 0 saturated carbocycles. The summed E-state index contributed by atoms with van der Waals surface area (Å²) in [6.07, 6.45) is 1.53. The first kappa shape index (κ1) is 21.4. The normalized spacial score (nSPS) is 16.2. The molecule has 1 aromatic heterocycles. The van der Waals surface area contributed by atoms with E-state index in [0.717, 1.165) is 5.56 Å². The number of aliphatic hydroxyl groups is 1. The molecule has 0 aliphatic carbocycles. The Morgan fingerprint density at radius 1 is 1.06 bits per heavy atom. The van der Waals surface area contributed by atoms with E-state index in [-0.39, 0.29) is 23.8 Å². The van der Waals surface area contributed by atoms with Crippen LogP contribution in [-0.2, 0) is 22.7 Å². The number of benzene rings is 2. The average molecular weight is 431 g/mol. The van der Waals surface area contributed by atoms with Crippen LogP contribution in [0, 0.1) is 5.92 Å². The van der Waals surface area contributed by atoms with E-state index in [2.05, 4.69) is 0 Å². The number of Topliss-reactive ketones (excluding diaryl/α,β-unsaturated/α-hetero) is 1. The van der Waals surface area contributed by atoms with E-state index >= 15 is 0 Å². The fourth-order valence-corrected chi connectivity index (χ4v) is 3.78. The monoisotopic (exact) mass is 431 g/mol. The van der Waals surface area contributed by atoms with Gasteiger partial charge < -0.3 is 19.2 Å². The van der Waals surface area contributed by atoms with Gasteiger partial charge in [-0.25, -0.2) is 0 Å². The van der Waals surface area contributed by atoms with Crippen molar-refractivity contribution in [3.63, 3.8) is 0 Å². The number of hydrogen-bond acceptors (Lipinski definition) is 5. The van der Waals surface area contributed by atoms with Crippen LogP contribution >= 0.6 is 0 Å². The highest BCUT2D eigenvalue weighted by Crippen LogP contribution is 2.40. The number of ether oxygens (including phenoxy) is 1. The summed E-state index contributed by atoms with van der Waals surface area (Å²) >= 11 is 0. The van der Waals surface area contributed by atoms with E-state index in [9.17, 15) is 14.7 Å². The number of hydrogen-bond donors (Lipinski definition) is 1. The maximum absolute atomic E-state index is 12.9. The predicted molar refractivity (Wildman–Crippen MR) is 119 cm³/mol. The molecule has 3 aromatic rings. The Labute approximate surface area is 186 Å². The number of nitrogens with zero attached hydrogens (tertiary/aromatic N) is 1. The van der Waals surface area contributed by atoms with Crippen LogP contribution in [0.15, 0.2) is 88.7 Å². The second-order valence-electron chi connectivity index (χ2n) is 8.04. The number of ketones is 1. The SMILES string of the molecule is CC(C)C(=O)C1=C(O)C(=O)N(Cc2ccco2)C1c1ccc(OCc2ccccc2)cc1. The first-order valence-electron chi connectivity index (χ1n) is 10.5. The van der Waals surface area contributed by atoms with Gasteiger partial charge >= 0.3 is 0 Å². The van der Waals surface area contributed by atoms with Crippen LogP contribution in [0.2, 0.25) is 0 Å². The van der Waals surface area contributed by atoms with Gasteiger partial charge in [-0.05, 0) is 35.4 Å². The second kappa shape index (κ2) is 9.14. The van der Waals surface area contributed by atoms with Gasteiger partial charge in [0.15, 0.2) is 11.5 Å². The highest BCUT2D eigenvalue weighted by atomic mass is 16.5. The van der Waals surface area contributed by atoms with Crippen molar-refractivity contribution >= 4 is 11.7 Å². The van der Waals surface area contributed by atoms with Crippen LogP contribution < -0.4 is 4.74 Å². The molecule has 1 aliphatic heterocycles. The zero-order valence-electron chi connectivity index (χ0n) is 18.0. The predicted octanol–water partition coefficient (Wildman–Crippen LogP) is 4.98. The van der Waals surface area contributed by atoms with Crippen LogP contribution in [0.3, 0.4) is 0 Å². The summed E-state index contributed by atoms with van der Waals surface area (Å²) in [6.45, 7) is 4.08. The summed E-state index contributed by atoms with van der Waals surface area (Å²) in [4.78, 5) is 27.3. The van der Waals surface area contributed by atoms with E-state index in [0.29, 0.717) is 23.7 Å². The third-order valence-electron chi connectivity index (χ3n) is 5.44. The van der Waals surface area contributed by atoms with E-state index < -0.39 is 17.7 Å². The lowest BCUT2D eigenvalue weighted by molar-refractivity contribution is -0.130. The first-order valence-corrected chi connectivity index (χ1v) is 10.5. The van der Waals surface area contributed by atoms with Crippen molar-refractivity contribution < 1.29 is 23.8 Å². The van der Waals surface area contributed by atoms with Crippen molar-refractivity contribution in [2.45, 2.75) is 33.0 Å². The number of rotatable bonds is 8. The van der Waals surface area contributed by atoms with Crippen molar-refractivity contribution in [1.29, 1.82) is 0 Å². The molecule has 1 amide bonds. The minimum absolute atomic E-state index is 0.120. The Balaban J connectivity index is 1.61. The van der Waals surface area contributed by atoms with Crippen LogP contribution in [0.5, 0.6) is 5.75 Å². The minimum atomic E-state index is -0.703. The van der Waals surface area contributed by atoms with Gasteiger partial charge in [-0.3, -0.25) is 9.59 Å². The van der Waals surface area contributed by atoms with Crippen molar-refractivity contribution in [3.8, 4) is 5.75 Å². The standard InChI is InChI=1S/C26H25NO5/c1-17(2)24(28)22-23(27(26(30)25(22)29)15-21-9-6-14-31-21)19-10-12-20(13-11-19)32-16-18-7-4-3-5-8-18/h3-14,17,23,29H,15-16H2,1-2H3. The molecule has 164 valence electrons. The highest BCUT2D eigenvalue weighted by molar-refractivity contribution is 6.09. The van der Waals surface area contributed by atoms with Crippen LogP contribution in [0.1, 0.15) is 36.8 Å². The molecule has 1 aliphatic rings. The summed E-state index contributed by atoms with van der Waals surface area (Å²) in [6, 6.07) is 19.9. The Morgan fingerprint density at radius 3 is 2.41 bits per heavy atom. The number of carbonyl (C=O) groups is 2. The highest BCUT2D eigenvalue weighted by Gasteiger charge is 2.44. The second-order valence-corrected chi connectivity index (χ2v) is 8.04. The van der Waals surface area contributed by atoms with Crippen molar-refractivity contribution in [1.82, 2.24) is 4.90 Å². The molecule has 6 nitrogen and oxygen atoms in total. The molecule has 0 saturated heterocycles. The molecule has 0 spiro atoms. The Morgan fingerprint density at radius 2 is 1.78 bits per heavy atom. The van der Waals surface area contributed by atoms with E-state index in [1.165, 1.54) is 11.2 Å². The lowest BCUT2D eigenvalue weighted by Gasteiger charge is -2.26. The number of aliphatic hydroxyl groups excluding tert-OH is 1. The van der Waals surface area contributed by atoms with Crippen molar-refractivity contribution in [2.75, 3.05) is 0 Å². The van der Waals surface area contributed by atoms with Gasteiger partial charge in [-0.2, -0.15) is 0 Å². The third-order valence-corrected chi connectivity index (χ3v) is 5.44. The fraction of sp³-hybridized carbons (Fsp3) is 0.231. The third kappa shape index (κ3) is 4.30. The molecule has 1 atom stereocenters. The van der Waals surface area contributed by atoms with E-state index in [1.807, 2.05) is 42.5 Å². The molecule has 32 heavy (non-hydrogen) atoms. The Kier molecular flexibility index (Phi) is 6.12. The average Bonchev–Trinajstić information content (AvgIpc) is 3.41. The van der Waals surface area contributed by atoms with Gasteiger partial charge in [0, 0.05) is 5.92 Å². The lowest BCUT2D eigenvalue weighted by Crippen LogP contribution is -2.31. The molecule has 0 radical (unpaired) electrons. The molecule has 0 fully saturated rings. The molecule has 0 bridgehead atoms. The maximum atomic E-state index is 12.9. The molecular formula is C26H25NO5. The maximum Gasteiger partial charge on any atom is 0.290 e. The molecule has 6 heteroatoms. The van der Waals surface area contributed by atoms with E-state index in [1.54, 1.807) is 38.1 Å². The molecule has 1 N–H and O–H groups in total. The van der Waals surface area contributed by atoms with Gasteiger partial charge in [-0.15, -0.1) is 0 Å². The quantitative estimate of drug-likeness (QED) is 0.544. The summed E-state index contributed by atoms with van der Waals surface area (Å²) < 4.78 is 11.3. The largest absolute Gasteiger partial charge is 0.503 e. The summed E-state index contributed by atoms with van der Waals surface area (Å²) in [5.41, 5.74) is 1.89. The topological polar surface area (TPSA) is 80.0 Å². The van der Waals surface area contributed by atoms with Gasteiger partial charge in [-0.1, -0.05) is 56.3 Å².